The fraction of sp³-hybridized carbons (Fsp3) is 0.818. The van der Waals surface area contributed by atoms with Crippen LogP contribution in [0.25, 0.3) is 0 Å². The van der Waals surface area contributed by atoms with E-state index >= 15 is 0 Å². The minimum Gasteiger partial charge on any atom is -0.399 e. The summed E-state index contributed by atoms with van der Waals surface area (Å²) in [6, 6.07) is 0. The zero-order valence-corrected chi connectivity index (χ0v) is 13.5. The molecular weight excluding hydrogens is 329 g/mol. The molecular formula is C11H21CuMnNO2S. The molecule has 0 spiro atoms. The van der Waals surface area contributed by atoms with Crippen LogP contribution >= 0.6 is 12.2 Å². The Bertz CT molecular complexity index is 210. The molecule has 6 heteroatoms. The van der Waals surface area contributed by atoms with Crippen LogP contribution in [0.4, 0.5) is 0 Å². The zero-order chi connectivity index (χ0) is 11.7. The Morgan fingerprint density at radius 2 is 1.59 bits per heavy atom. The molecule has 0 fully saturated rings. The summed E-state index contributed by atoms with van der Waals surface area (Å²) in [5.41, 5.74) is 0. The Labute approximate surface area is 131 Å². The van der Waals surface area contributed by atoms with Crippen LogP contribution in [-0.4, -0.2) is 29.1 Å². The molecule has 0 aromatic carbocycles. The Hall–Kier alpha value is 0.399. The van der Waals surface area contributed by atoms with Crippen molar-refractivity contribution in [1.29, 1.82) is 0 Å². The summed E-state index contributed by atoms with van der Waals surface area (Å²) in [4.78, 5) is 12.7. The van der Waals surface area contributed by atoms with Crippen molar-refractivity contribution in [2.45, 2.75) is 46.5 Å². The van der Waals surface area contributed by atoms with Crippen molar-refractivity contribution in [3.05, 3.63) is 0 Å². The van der Waals surface area contributed by atoms with Gasteiger partial charge in [0.25, 0.3) is 5.17 Å². The quantitative estimate of drug-likeness (QED) is 0.419. The maximum Gasteiger partial charge on any atom is 0.309 e. The van der Waals surface area contributed by atoms with Gasteiger partial charge in [0.05, 0.1) is 0 Å². The second-order valence-electron chi connectivity index (χ2n) is 3.55. The molecule has 0 aliphatic heterocycles. The summed E-state index contributed by atoms with van der Waals surface area (Å²) in [5.74, 6) is -0.335. The molecule has 17 heavy (non-hydrogen) atoms. The van der Waals surface area contributed by atoms with Crippen molar-refractivity contribution < 1.29 is 43.7 Å². The second-order valence-corrected chi connectivity index (χ2v) is 3.90. The van der Waals surface area contributed by atoms with Gasteiger partial charge in [-0.3, -0.25) is 4.79 Å². The summed E-state index contributed by atoms with van der Waals surface area (Å²) >= 11 is 5.06. The zero-order valence-electron chi connectivity index (χ0n) is 10.6. The van der Waals surface area contributed by atoms with Crippen molar-refractivity contribution in [3.8, 4) is 0 Å². The number of ether oxygens (including phenoxy) is 1. The molecule has 0 saturated carbocycles. The number of hydrogen-bond acceptors (Lipinski definition) is 3. The van der Waals surface area contributed by atoms with Gasteiger partial charge in [0, 0.05) is 54.2 Å². The van der Waals surface area contributed by atoms with Crippen molar-refractivity contribution in [1.82, 2.24) is 4.90 Å². The molecule has 0 saturated heterocycles. The van der Waals surface area contributed by atoms with Crippen LogP contribution in [0.3, 0.4) is 0 Å². The van der Waals surface area contributed by atoms with Crippen molar-refractivity contribution >= 4 is 23.4 Å². The smallest absolute Gasteiger partial charge is 0.309 e. The van der Waals surface area contributed by atoms with Crippen molar-refractivity contribution in [3.63, 3.8) is 0 Å². The van der Waals surface area contributed by atoms with Gasteiger partial charge in [-0.2, -0.15) is 0 Å². The van der Waals surface area contributed by atoms with E-state index in [1.54, 1.807) is 0 Å². The number of carbonyl (C=O) groups is 1. The van der Waals surface area contributed by atoms with E-state index < -0.39 is 0 Å². The maximum absolute atomic E-state index is 10.8. The molecule has 3 nitrogen and oxygen atoms in total. The van der Waals surface area contributed by atoms with Gasteiger partial charge in [0.15, 0.2) is 0 Å². The second kappa shape index (κ2) is 14.5. The van der Waals surface area contributed by atoms with Crippen LogP contribution in [0.5, 0.6) is 0 Å². The number of thiocarbonyl (C=S) groups is 1. The monoisotopic (exact) mass is 349 g/mol. The van der Waals surface area contributed by atoms with Gasteiger partial charge in [-0.25, -0.2) is 0 Å². The SMILES string of the molecule is CCCCN(CCCC)C(=S)OC(C)=O.[Cu].[Mn]. The van der Waals surface area contributed by atoms with Gasteiger partial charge in [-0.15, -0.1) is 0 Å². The van der Waals surface area contributed by atoms with Crippen LogP contribution in [0.15, 0.2) is 0 Å². The van der Waals surface area contributed by atoms with E-state index in [1.807, 2.05) is 4.90 Å². The molecule has 0 aliphatic carbocycles. The van der Waals surface area contributed by atoms with E-state index in [9.17, 15) is 4.79 Å². The topological polar surface area (TPSA) is 29.5 Å². The first-order valence-corrected chi connectivity index (χ1v) is 6.00. The van der Waals surface area contributed by atoms with E-state index in [-0.39, 0.29) is 40.1 Å². The number of hydrogen-bond donors (Lipinski definition) is 0. The molecule has 0 aromatic rings. The van der Waals surface area contributed by atoms with E-state index in [4.69, 9.17) is 17.0 Å². The largest absolute Gasteiger partial charge is 0.399 e. The van der Waals surface area contributed by atoms with Crippen LogP contribution in [0, 0.1) is 0 Å². The molecule has 106 valence electrons. The van der Waals surface area contributed by atoms with Gasteiger partial charge in [-0.05, 0) is 25.1 Å². The summed E-state index contributed by atoms with van der Waals surface area (Å²) < 4.78 is 4.92. The summed E-state index contributed by atoms with van der Waals surface area (Å²) in [7, 11) is 0. The molecule has 0 amide bonds. The first-order valence-electron chi connectivity index (χ1n) is 5.59. The first kappa shape index (κ1) is 22.6. The molecule has 0 rings (SSSR count). The maximum atomic E-state index is 10.8. The van der Waals surface area contributed by atoms with Gasteiger partial charge < -0.3 is 9.64 Å². The summed E-state index contributed by atoms with van der Waals surface area (Å²) in [5, 5.41) is 0.324. The third kappa shape index (κ3) is 12.6. The van der Waals surface area contributed by atoms with Crippen LogP contribution in [-0.2, 0) is 43.7 Å². The number of unbranched alkanes of at least 4 members (excludes halogenated alkanes) is 2. The van der Waals surface area contributed by atoms with Gasteiger partial charge >= 0.3 is 5.97 Å². The normalized spacial score (nSPS) is 8.65. The molecule has 0 atom stereocenters. The fourth-order valence-electron chi connectivity index (χ4n) is 1.18. The molecule has 0 aliphatic rings. The third-order valence-corrected chi connectivity index (χ3v) is 2.39. The number of carbonyl (C=O) groups excluding carboxylic acids is 1. The molecule has 0 unspecified atom stereocenters. The van der Waals surface area contributed by atoms with Crippen molar-refractivity contribution in [2.24, 2.45) is 0 Å². The van der Waals surface area contributed by atoms with Crippen LogP contribution < -0.4 is 0 Å². The summed E-state index contributed by atoms with van der Waals surface area (Å²) in [6.07, 6.45) is 4.38. The average Bonchev–Trinajstić information content (AvgIpc) is 2.17. The molecule has 0 heterocycles. The van der Waals surface area contributed by atoms with E-state index in [0.717, 1.165) is 38.8 Å². The number of rotatable bonds is 6. The van der Waals surface area contributed by atoms with Crippen LogP contribution in [0.2, 0.25) is 0 Å². The Balaban J connectivity index is -0.000000980. The van der Waals surface area contributed by atoms with E-state index in [2.05, 4.69) is 13.8 Å². The number of esters is 1. The van der Waals surface area contributed by atoms with Gasteiger partial charge in [0.2, 0.25) is 0 Å². The Morgan fingerprint density at radius 3 is 1.88 bits per heavy atom. The minimum absolute atomic E-state index is 0. The van der Waals surface area contributed by atoms with Gasteiger partial charge in [-0.1, -0.05) is 26.7 Å². The van der Waals surface area contributed by atoms with E-state index in [1.165, 1.54) is 6.92 Å². The van der Waals surface area contributed by atoms with Crippen molar-refractivity contribution in [2.75, 3.05) is 13.1 Å². The molecule has 2 radical (unpaired) electrons. The standard InChI is InChI=1S/C11H21NO2S.Cu.Mn/c1-4-6-8-12(9-7-5-2)11(15)14-10(3)13;;/h4-9H2,1-3H3;;. The van der Waals surface area contributed by atoms with Crippen LogP contribution in [0.1, 0.15) is 46.5 Å². The third-order valence-electron chi connectivity index (χ3n) is 2.05. The minimum atomic E-state index is -0.335. The molecule has 0 bridgehead atoms. The molecule has 0 aromatic heterocycles. The Morgan fingerprint density at radius 1 is 1.18 bits per heavy atom. The predicted octanol–water partition coefficient (Wildman–Crippen LogP) is 2.73. The van der Waals surface area contributed by atoms with E-state index in [0.29, 0.717) is 5.17 Å². The summed E-state index contributed by atoms with van der Waals surface area (Å²) in [6.45, 7) is 7.40. The fourth-order valence-corrected chi connectivity index (χ4v) is 1.48. The average molecular weight is 350 g/mol. The number of nitrogens with zero attached hydrogens (tertiary/aromatic N) is 1. The predicted molar refractivity (Wildman–Crippen MR) is 65.8 cm³/mol. The van der Waals surface area contributed by atoms with Gasteiger partial charge in [0.1, 0.15) is 0 Å². The first-order chi connectivity index (χ1) is 7.11. The molecule has 0 N–H and O–H groups in total. The Kier molecular flexibility index (Phi) is 19.2.